The van der Waals surface area contributed by atoms with Crippen LogP contribution in [0.25, 0.3) is 0 Å². The van der Waals surface area contributed by atoms with Gasteiger partial charge < -0.3 is 0 Å². The van der Waals surface area contributed by atoms with E-state index in [0.29, 0.717) is 0 Å². The molecule has 0 aliphatic heterocycles. The van der Waals surface area contributed by atoms with Gasteiger partial charge in [0.2, 0.25) is 0 Å². The Bertz CT molecular complexity index is 55.7. The van der Waals surface area contributed by atoms with Crippen molar-refractivity contribution >= 4 is 14.7 Å². The molecule has 0 radical (unpaired) electrons. The van der Waals surface area contributed by atoms with Crippen molar-refractivity contribution in [2.45, 2.75) is 15.6 Å². The van der Waals surface area contributed by atoms with Crippen molar-refractivity contribution < 1.29 is 0 Å². The fourth-order valence-corrected chi connectivity index (χ4v) is 4.59. The first-order chi connectivity index (χ1) is 4.85. The van der Waals surface area contributed by atoms with E-state index in [1.807, 2.05) is 0 Å². The molecule has 0 aromatic carbocycles. The zero-order valence-electron chi connectivity index (χ0n) is 6.42. The van der Waals surface area contributed by atoms with E-state index < -0.39 is 14.7 Å². The molecule has 0 unspecified atom stereocenters. The molecule has 0 atom stereocenters. The van der Waals surface area contributed by atoms with Crippen LogP contribution in [0, 0.1) is 0 Å². The van der Waals surface area contributed by atoms with Crippen LogP contribution in [0.1, 0.15) is 0 Å². The van der Waals surface area contributed by atoms with Gasteiger partial charge in [-0.2, -0.15) is 0 Å². The SMILES string of the molecule is NCC[As](CCN)CCN. The Hall–Kier alpha value is 0.438. The van der Waals surface area contributed by atoms with Crippen LogP contribution in [0.15, 0.2) is 0 Å². The van der Waals surface area contributed by atoms with Gasteiger partial charge in [0.25, 0.3) is 0 Å². The molecule has 0 bridgehead atoms. The molecule has 0 aromatic rings. The molecular weight excluding hydrogens is 189 g/mol. The number of rotatable bonds is 6. The maximum absolute atomic E-state index is 5.44. The van der Waals surface area contributed by atoms with Gasteiger partial charge in [-0.1, -0.05) is 0 Å². The minimum atomic E-state index is -0.672. The second-order valence-electron chi connectivity index (χ2n) is 2.21. The molecule has 3 nitrogen and oxygen atoms in total. The standard InChI is InChI=1S/C6H18AsN3/c8-4-1-7(2-5-9)3-6-10/h1-6,8-10H2. The quantitative estimate of drug-likeness (QED) is 0.507. The molecule has 0 aliphatic carbocycles. The summed E-state index contributed by atoms with van der Waals surface area (Å²) in [7, 11) is 0. The van der Waals surface area contributed by atoms with Gasteiger partial charge in [-0.3, -0.25) is 0 Å². The van der Waals surface area contributed by atoms with Gasteiger partial charge in [-0.05, 0) is 0 Å². The first-order valence-corrected chi connectivity index (χ1v) is 7.65. The van der Waals surface area contributed by atoms with Crippen LogP contribution in [0.5, 0.6) is 0 Å². The van der Waals surface area contributed by atoms with E-state index in [1.54, 1.807) is 0 Å². The summed E-state index contributed by atoms with van der Waals surface area (Å²) in [5.41, 5.74) is 16.3. The van der Waals surface area contributed by atoms with Gasteiger partial charge in [0.15, 0.2) is 0 Å². The maximum atomic E-state index is 5.44. The van der Waals surface area contributed by atoms with E-state index in [2.05, 4.69) is 0 Å². The van der Waals surface area contributed by atoms with Gasteiger partial charge in [-0.25, -0.2) is 0 Å². The predicted octanol–water partition coefficient (Wildman–Crippen LogP) is -0.643. The molecule has 62 valence electrons. The van der Waals surface area contributed by atoms with Crippen molar-refractivity contribution in [2.75, 3.05) is 19.6 Å². The van der Waals surface area contributed by atoms with Crippen molar-refractivity contribution in [2.24, 2.45) is 17.2 Å². The Morgan fingerprint density at radius 3 is 1.20 bits per heavy atom. The van der Waals surface area contributed by atoms with Crippen molar-refractivity contribution in [3.8, 4) is 0 Å². The summed E-state index contributed by atoms with van der Waals surface area (Å²) >= 11 is -0.672. The second-order valence-corrected chi connectivity index (χ2v) is 7.84. The van der Waals surface area contributed by atoms with Crippen LogP contribution in [-0.4, -0.2) is 34.3 Å². The molecule has 0 aliphatic rings. The molecular formula is C6H18AsN3. The molecule has 0 amide bonds. The minimum absolute atomic E-state index is 0.672. The van der Waals surface area contributed by atoms with E-state index >= 15 is 0 Å². The average Bonchev–Trinajstić information content (AvgIpc) is 1.90. The Kier molecular flexibility index (Phi) is 7.88. The van der Waals surface area contributed by atoms with Crippen molar-refractivity contribution in [3.63, 3.8) is 0 Å². The molecule has 0 rings (SSSR count). The molecule has 4 heteroatoms. The summed E-state index contributed by atoms with van der Waals surface area (Å²) in [5.74, 6) is 0. The predicted molar refractivity (Wildman–Crippen MR) is 47.3 cm³/mol. The number of nitrogens with two attached hydrogens (primary N) is 3. The van der Waals surface area contributed by atoms with Crippen LogP contribution in [0.3, 0.4) is 0 Å². The third kappa shape index (κ3) is 5.24. The van der Waals surface area contributed by atoms with Crippen LogP contribution in [0.4, 0.5) is 0 Å². The molecule has 0 heterocycles. The molecule has 0 saturated carbocycles. The van der Waals surface area contributed by atoms with Crippen molar-refractivity contribution in [3.05, 3.63) is 0 Å². The zero-order chi connectivity index (χ0) is 7.82. The van der Waals surface area contributed by atoms with E-state index in [9.17, 15) is 0 Å². The third-order valence-corrected chi connectivity index (χ3v) is 6.94. The third-order valence-electron chi connectivity index (χ3n) is 1.34. The monoisotopic (exact) mass is 207 g/mol. The normalized spacial score (nSPS) is 10.8. The van der Waals surface area contributed by atoms with Crippen molar-refractivity contribution in [1.29, 1.82) is 0 Å². The van der Waals surface area contributed by atoms with E-state index in [0.717, 1.165) is 19.6 Å². The first kappa shape index (κ1) is 10.4. The molecule has 0 spiro atoms. The summed E-state index contributed by atoms with van der Waals surface area (Å²) in [4.78, 5) is 0. The van der Waals surface area contributed by atoms with Crippen LogP contribution >= 0.6 is 0 Å². The number of hydrogen-bond donors (Lipinski definition) is 3. The summed E-state index contributed by atoms with van der Waals surface area (Å²) < 4.78 is 0. The van der Waals surface area contributed by atoms with Crippen LogP contribution in [-0.2, 0) is 0 Å². The first-order valence-electron chi connectivity index (χ1n) is 3.67. The van der Waals surface area contributed by atoms with Gasteiger partial charge >= 0.3 is 67.1 Å². The van der Waals surface area contributed by atoms with E-state index in [-0.39, 0.29) is 0 Å². The van der Waals surface area contributed by atoms with Crippen LogP contribution in [0.2, 0.25) is 15.6 Å². The van der Waals surface area contributed by atoms with E-state index in [4.69, 9.17) is 17.2 Å². The van der Waals surface area contributed by atoms with Gasteiger partial charge in [0, 0.05) is 0 Å². The fourth-order valence-electron chi connectivity index (χ4n) is 0.883. The molecule has 6 N–H and O–H groups in total. The Labute approximate surface area is 67.6 Å². The Balaban J connectivity index is 3.30. The molecule has 0 saturated heterocycles. The van der Waals surface area contributed by atoms with Gasteiger partial charge in [-0.15, -0.1) is 0 Å². The molecule has 10 heavy (non-hydrogen) atoms. The molecule has 0 fully saturated rings. The Morgan fingerprint density at radius 1 is 0.700 bits per heavy atom. The summed E-state index contributed by atoms with van der Waals surface area (Å²) in [6, 6.07) is 0. The second kappa shape index (κ2) is 7.54. The Morgan fingerprint density at radius 2 is 1.00 bits per heavy atom. The average molecular weight is 207 g/mol. The van der Waals surface area contributed by atoms with E-state index in [1.165, 1.54) is 15.6 Å². The van der Waals surface area contributed by atoms with Gasteiger partial charge in [0.1, 0.15) is 0 Å². The topological polar surface area (TPSA) is 78.1 Å². The number of hydrogen-bond acceptors (Lipinski definition) is 3. The summed E-state index contributed by atoms with van der Waals surface area (Å²) in [6.07, 6.45) is 0. The summed E-state index contributed by atoms with van der Waals surface area (Å²) in [5, 5.41) is 3.63. The van der Waals surface area contributed by atoms with Crippen LogP contribution < -0.4 is 17.2 Å². The van der Waals surface area contributed by atoms with Crippen molar-refractivity contribution in [1.82, 2.24) is 0 Å². The van der Waals surface area contributed by atoms with Gasteiger partial charge in [0.05, 0.1) is 0 Å². The molecule has 0 aromatic heterocycles. The summed E-state index contributed by atoms with van der Waals surface area (Å²) in [6.45, 7) is 2.46. The zero-order valence-corrected chi connectivity index (χ0v) is 8.30. The fraction of sp³-hybridized carbons (Fsp3) is 1.00.